The Kier molecular flexibility index (Phi) is 4.50. The van der Waals surface area contributed by atoms with Crippen molar-refractivity contribution in [3.8, 4) is 0 Å². The van der Waals surface area contributed by atoms with E-state index in [-0.39, 0.29) is 28.9 Å². The summed E-state index contributed by atoms with van der Waals surface area (Å²) in [4.78, 5) is 12.0. The van der Waals surface area contributed by atoms with E-state index in [1.807, 2.05) is 6.92 Å². The van der Waals surface area contributed by atoms with E-state index >= 15 is 0 Å². The minimum atomic E-state index is -1.83. The molecule has 0 aromatic rings. The maximum atomic E-state index is 12.0. The van der Waals surface area contributed by atoms with Gasteiger partial charge in [-0.15, -0.1) is 0 Å². The second-order valence-corrected chi connectivity index (χ2v) is 14.6. The first-order chi connectivity index (χ1) is 11.4. The summed E-state index contributed by atoms with van der Waals surface area (Å²) in [7, 11) is -1.83. The van der Waals surface area contributed by atoms with E-state index in [9.17, 15) is 4.79 Å². The van der Waals surface area contributed by atoms with Crippen LogP contribution in [-0.2, 0) is 14.0 Å². The van der Waals surface area contributed by atoms with Crippen LogP contribution in [-0.4, -0.2) is 20.4 Å². The smallest absolute Gasteiger partial charge is 0.309 e. The SMILES string of the molecule is CC1=C(O[Si](C)(C)C(C)(C)C)C[C@H]2C1=C[C@H]1[C@@H](C[C@@H]2C)OC(=O)[C@@H]1C. The molecule has 0 aromatic carbocycles. The fourth-order valence-electron chi connectivity index (χ4n) is 4.25. The average molecular weight is 363 g/mol. The van der Waals surface area contributed by atoms with E-state index in [1.165, 1.54) is 16.9 Å². The quantitative estimate of drug-likeness (QED) is 0.484. The Balaban J connectivity index is 1.93. The van der Waals surface area contributed by atoms with Gasteiger partial charge in [0.2, 0.25) is 8.32 Å². The topological polar surface area (TPSA) is 35.5 Å². The lowest BCUT2D eigenvalue weighted by atomic mass is 9.85. The van der Waals surface area contributed by atoms with Crippen LogP contribution in [0.3, 0.4) is 0 Å². The van der Waals surface area contributed by atoms with Gasteiger partial charge in [0, 0.05) is 12.3 Å². The van der Waals surface area contributed by atoms with Crippen LogP contribution >= 0.6 is 0 Å². The Labute approximate surface area is 154 Å². The van der Waals surface area contributed by atoms with Crippen molar-refractivity contribution in [2.45, 2.75) is 78.6 Å². The van der Waals surface area contributed by atoms with Gasteiger partial charge in [0.05, 0.1) is 11.7 Å². The van der Waals surface area contributed by atoms with Crippen LogP contribution in [0.4, 0.5) is 0 Å². The Morgan fingerprint density at radius 3 is 2.48 bits per heavy atom. The molecule has 0 saturated carbocycles. The summed E-state index contributed by atoms with van der Waals surface area (Å²) in [6.07, 6.45) is 4.39. The van der Waals surface area contributed by atoms with E-state index in [2.05, 4.69) is 53.8 Å². The van der Waals surface area contributed by atoms with Gasteiger partial charge in [0.15, 0.2) is 0 Å². The van der Waals surface area contributed by atoms with Gasteiger partial charge in [-0.3, -0.25) is 4.79 Å². The molecule has 1 fully saturated rings. The molecule has 0 unspecified atom stereocenters. The largest absolute Gasteiger partial charge is 0.546 e. The second-order valence-electron chi connectivity index (χ2n) is 9.90. The summed E-state index contributed by atoms with van der Waals surface area (Å²) in [6.45, 7) is 18.0. The molecular weight excluding hydrogens is 328 g/mol. The van der Waals surface area contributed by atoms with Crippen molar-refractivity contribution in [3.63, 3.8) is 0 Å². The summed E-state index contributed by atoms with van der Waals surface area (Å²) in [6, 6.07) is 0. The highest BCUT2D eigenvalue weighted by molar-refractivity contribution is 6.74. The molecular formula is C21H34O3Si. The molecule has 1 heterocycles. The number of hydrogen-bond donors (Lipinski definition) is 0. The first-order valence-electron chi connectivity index (χ1n) is 9.73. The molecule has 0 spiro atoms. The lowest BCUT2D eigenvalue weighted by Crippen LogP contribution is -2.40. The van der Waals surface area contributed by atoms with Crippen LogP contribution in [0.15, 0.2) is 23.0 Å². The standard InChI is InChI=1S/C21H34O3Si/c1-12-9-19-17(14(3)20(22)23-19)10-16-13(2)18(11-15(12)16)24-25(7,8)21(4,5)6/h10,12,14-15,17,19H,9,11H2,1-8H3/t12-,14+,15+,17+,19+/m0/s1. The Morgan fingerprint density at radius 1 is 1.24 bits per heavy atom. The summed E-state index contributed by atoms with van der Waals surface area (Å²) in [5.41, 5.74) is 2.73. The van der Waals surface area contributed by atoms with E-state index in [0.717, 1.165) is 12.8 Å². The number of allylic oxidation sites excluding steroid dienone is 3. The first kappa shape index (κ1) is 18.7. The van der Waals surface area contributed by atoms with Crippen molar-refractivity contribution in [1.29, 1.82) is 0 Å². The van der Waals surface area contributed by atoms with Gasteiger partial charge < -0.3 is 9.16 Å². The number of fused-ring (bicyclic) bond motifs is 2. The minimum Gasteiger partial charge on any atom is -0.546 e. The zero-order chi connectivity index (χ0) is 18.7. The lowest BCUT2D eigenvalue weighted by molar-refractivity contribution is -0.144. The maximum absolute atomic E-state index is 12.0. The zero-order valence-electron chi connectivity index (χ0n) is 17.1. The van der Waals surface area contributed by atoms with Crippen molar-refractivity contribution in [2.24, 2.45) is 23.7 Å². The fourth-order valence-corrected chi connectivity index (χ4v) is 5.41. The van der Waals surface area contributed by atoms with Crippen molar-refractivity contribution in [2.75, 3.05) is 0 Å². The van der Waals surface area contributed by atoms with Crippen LogP contribution in [0, 0.1) is 23.7 Å². The van der Waals surface area contributed by atoms with E-state index < -0.39 is 8.32 Å². The highest BCUT2D eigenvalue weighted by Gasteiger charge is 2.47. The molecule has 2 aliphatic carbocycles. The number of esters is 1. The molecule has 4 heteroatoms. The molecule has 3 rings (SSSR count). The summed E-state index contributed by atoms with van der Waals surface area (Å²) in [5, 5.41) is 0.205. The number of carbonyl (C=O) groups excluding carboxylic acids is 1. The summed E-state index contributed by atoms with van der Waals surface area (Å²) < 4.78 is 12.4. The number of ether oxygens (including phenoxy) is 1. The predicted molar refractivity (Wildman–Crippen MR) is 103 cm³/mol. The number of hydrogen-bond acceptors (Lipinski definition) is 3. The molecule has 1 saturated heterocycles. The third-order valence-electron chi connectivity index (χ3n) is 7.15. The molecule has 0 bridgehead atoms. The van der Waals surface area contributed by atoms with Crippen LogP contribution in [0.25, 0.3) is 0 Å². The molecule has 140 valence electrons. The molecule has 25 heavy (non-hydrogen) atoms. The third kappa shape index (κ3) is 3.11. The average Bonchev–Trinajstić information content (AvgIpc) is 2.85. The Bertz CT molecular complexity index is 638. The van der Waals surface area contributed by atoms with Crippen LogP contribution in [0.2, 0.25) is 18.1 Å². The van der Waals surface area contributed by atoms with Crippen LogP contribution < -0.4 is 0 Å². The minimum absolute atomic E-state index is 0.0263. The molecule has 0 aromatic heterocycles. The van der Waals surface area contributed by atoms with Gasteiger partial charge >= 0.3 is 5.97 Å². The van der Waals surface area contributed by atoms with E-state index in [0.29, 0.717) is 11.8 Å². The van der Waals surface area contributed by atoms with Crippen molar-refractivity contribution < 1.29 is 14.0 Å². The number of rotatable bonds is 2. The van der Waals surface area contributed by atoms with Crippen molar-refractivity contribution in [3.05, 3.63) is 23.0 Å². The highest BCUT2D eigenvalue weighted by atomic mass is 28.4. The Morgan fingerprint density at radius 2 is 1.88 bits per heavy atom. The third-order valence-corrected chi connectivity index (χ3v) is 11.5. The molecule has 0 radical (unpaired) electrons. The van der Waals surface area contributed by atoms with Gasteiger partial charge in [-0.2, -0.15) is 0 Å². The molecule has 0 N–H and O–H groups in total. The van der Waals surface area contributed by atoms with E-state index in [4.69, 9.17) is 9.16 Å². The molecule has 3 aliphatic rings. The summed E-state index contributed by atoms with van der Waals surface area (Å²) >= 11 is 0. The van der Waals surface area contributed by atoms with Gasteiger partial charge in [-0.1, -0.05) is 40.7 Å². The summed E-state index contributed by atoms with van der Waals surface area (Å²) in [5.74, 6) is 2.38. The maximum Gasteiger partial charge on any atom is 0.309 e. The van der Waals surface area contributed by atoms with Crippen molar-refractivity contribution >= 4 is 14.3 Å². The van der Waals surface area contributed by atoms with Gasteiger partial charge in [-0.05, 0) is 54.5 Å². The highest BCUT2D eigenvalue weighted by Crippen LogP contribution is 2.50. The Hall–Kier alpha value is -1.03. The van der Waals surface area contributed by atoms with Crippen LogP contribution in [0.1, 0.15) is 54.4 Å². The van der Waals surface area contributed by atoms with E-state index in [1.54, 1.807) is 0 Å². The molecule has 1 aliphatic heterocycles. The second kappa shape index (κ2) is 6.00. The molecule has 3 nitrogen and oxygen atoms in total. The van der Waals surface area contributed by atoms with Gasteiger partial charge in [-0.25, -0.2) is 0 Å². The van der Waals surface area contributed by atoms with Gasteiger partial charge in [0.25, 0.3) is 0 Å². The lowest BCUT2D eigenvalue weighted by Gasteiger charge is -2.37. The first-order valence-corrected chi connectivity index (χ1v) is 12.6. The number of carbonyl (C=O) groups is 1. The fraction of sp³-hybridized carbons (Fsp3) is 0.762. The molecule has 0 amide bonds. The normalized spacial score (nSPS) is 35.8. The molecule has 5 atom stereocenters. The van der Waals surface area contributed by atoms with Crippen molar-refractivity contribution in [1.82, 2.24) is 0 Å². The monoisotopic (exact) mass is 362 g/mol. The zero-order valence-corrected chi connectivity index (χ0v) is 18.1. The van der Waals surface area contributed by atoms with Gasteiger partial charge in [0.1, 0.15) is 6.10 Å². The van der Waals surface area contributed by atoms with Crippen LogP contribution in [0.5, 0.6) is 0 Å². The predicted octanol–water partition coefficient (Wildman–Crippen LogP) is 5.45.